The molecule has 0 heterocycles. The number of aliphatic carboxylic acids is 1. The van der Waals surface area contributed by atoms with Gasteiger partial charge >= 0.3 is 5.97 Å². The van der Waals surface area contributed by atoms with Crippen LogP contribution in [0.15, 0.2) is 30.3 Å². The second kappa shape index (κ2) is 5.99. The summed E-state index contributed by atoms with van der Waals surface area (Å²) < 4.78 is 0. The fraction of sp³-hybridized carbons (Fsp3) is 0.364. The molecule has 0 radical (unpaired) electrons. The zero-order valence-electron chi connectivity index (χ0n) is 8.07. The summed E-state index contributed by atoms with van der Waals surface area (Å²) in [6.45, 7) is 0. The molecule has 1 aromatic rings. The maximum atomic E-state index is 10.8. The number of carboxylic acid groups (broad SMARTS) is 1. The molecule has 1 aromatic carbocycles. The Hall–Kier alpha value is -0.730. The summed E-state index contributed by atoms with van der Waals surface area (Å²) in [5.41, 5.74) is 0.917. The van der Waals surface area contributed by atoms with Gasteiger partial charge in [0.05, 0.1) is 0 Å². The molecule has 1 N–H and O–H groups in total. The van der Waals surface area contributed by atoms with Crippen molar-refractivity contribution < 1.29 is 9.90 Å². The van der Waals surface area contributed by atoms with Crippen LogP contribution in [0.3, 0.4) is 0 Å². The molecule has 0 aromatic heterocycles. The van der Waals surface area contributed by atoms with Crippen molar-refractivity contribution in [3.05, 3.63) is 35.9 Å². The first-order chi connectivity index (χ1) is 7.16. The Kier molecular flexibility index (Phi) is 4.92. The first-order valence-corrected chi connectivity index (χ1v) is 5.61. The predicted octanol–water partition coefficient (Wildman–Crippen LogP) is 3.09. The van der Waals surface area contributed by atoms with Crippen molar-refractivity contribution in [2.45, 2.75) is 17.7 Å². The van der Waals surface area contributed by atoms with Crippen molar-refractivity contribution in [3.8, 4) is 0 Å². The molecule has 0 aliphatic heterocycles. The van der Waals surface area contributed by atoms with E-state index in [-0.39, 0.29) is 5.92 Å². The van der Waals surface area contributed by atoms with Gasteiger partial charge in [0.2, 0.25) is 0 Å². The quantitative estimate of drug-likeness (QED) is 0.812. The molecule has 2 nitrogen and oxygen atoms in total. The molecule has 2 atom stereocenters. The summed E-state index contributed by atoms with van der Waals surface area (Å²) in [4.78, 5) is 10.8. The van der Waals surface area contributed by atoms with E-state index in [0.717, 1.165) is 5.56 Å². The van der Waals surface area contributed by atoms with E-state index in [1.165, 1.54) is 0 Å². The van der Waals surface area contributed by atoms with Gasteiger partial charge in [0.15, 0.2) is 0 Å². The minimum absolute atomic E-state index is 0.233. The lowest BCUT2D eigenvalue weighted by molar-refractivity contribution is -0.137. The highest BCUT2D eigenvalue weighted by atomic mass is 35.5. The van der Waals surface area contributed by atoms with Crippen LogP contribution in [0, 0.1) is 0 Å². The van der Waals surface area contributed by atoms with Crippen molar-refractivity contribution in [2.75, 3.05) is 5.88 Å². The van der Waals surface area contributed by atoms with Crippen LogP contribution in [0.1, 0.15) is 17.9 Å². The Bertz CT molecular complexity index is 314. The molecule has 4 heteroatoms. The Morgan fingerprint density at radius 1 is 1.33 bits per heavy atom. The highest BCUT2D eigenvalue weighted by Crippen LogP contribution is 2.27. The third-order valence-electron chi connectivity index (χ3n) is 2.24. The Morgan fingerprint density at radius 2 is 1.93 bits per heavy atom. The normalized spacial score (nSPS) is 14.5. The van der Waals surface area contributed by atoms with Crippen LogP contribution in [0.25, 0.3) is 0 Å². The predicted molar refractivity (Wildman–Crippen MR) is 61.8 cm³/mol. The van der Waals surface area contributed by atoms with Crippen LogP contribution in [0.5, 0.6) is 0 Å². The van der Waals surface area contributed by atoms with Gasteiger partial charge in [0, 0.05) is 11.8 Å². The molecule has 0 fully saturated rings. The minimum atomic E-state index is -1.00. The van der Waals surface area contributed by atoms with Gasteiger partial charge in [-0.2, -0.15) is 0 Å². The maximum absolute atomic E-state index is 10.8. The van der Waals surface area contributed by atoms with Gasteiger partial charge in [-0.1, -0.05) is 30.3 Å². The molecule has 1 unspecified atom stereocenters. The van der Waals surface area contributed by atoms with Crippen molar-refractivity contribution in [1.29, 1.82) is 0 Å². The van der Waals surface area contributed by atoms with E-state index in [0.29, 0.717) is 12.3 Å². The summed E-state index contributed by atoms with van der Waals surface area (Å²) >= 11 is 11.5. The largest absolute Gasteiger partial charge is 0.480 e. The molecule has 0 saturated carbocycles. The van der Waals surface area contributed by atoms with Gasteiger partial charge in [-0.25, -0.2) is 0 Å². The molecule has 0 saturated heterocycles. The lowest BCUT2D eigenvalue weighted by Crippen LogP contribution is -2.22. The average Bonchev–Trinajstić information content (AvgIpc) is 2.26. The van der Waals surface area contributed by atoms with Gasteiger partial charge in [-0.15, -0.1) is 23.2 Å². The van der Waals surface area contributed by atoms with Crippen LogP contribution >= 0.6 is 23.2 Å². The highest BCUT2D eigenvalue weighted by molar-refractivity contribution is 6.30. The fourth-order valence-electron chi connectivity index (χ4n) is 1.47. The molecule has 0 aliphatic carbocycles. The second-order valence-electron chi connectivity index (χ2n) is 3.23. The van der Waals surface area contributed by atoms with Crippen LogP contribution in [0.2, 0.25) is 0 Å². The molecule has 0 amide bonds. The van der Waals surface area contributed by atoms with Crippen LogP contribution < -0.4 is 0 Å². The Labute approximate surface area is 98.8 Å². The average molecular weight is 247 g/mol. The van der Waals surface area contributed by atoms with Crippen molar-refractivity contribution in [3.63, 3.8) is 0 Å². The number of hydrogen-bond acceptors (Lipinski definition) is 1. The first-order valence-electron chi connectivity index (χ1n) is 4.64. The molecular weight excluding hydrogens is 235 g/mol. The number of alkyl halides is 2. The zero-order chi connectivity index (χ0) is 11.3. The zero-order valence-corrected chi connectivity index (χ0v) is 9.58. The number of carboxylic acids is 1. The van der Waals surface area contributed by atoms with E-state index in [4.69, 9.17) is 28.3 Å². The summed E-state index contributed by atoms with van der Waals surface area (Å²) in [6.07, 6.45) is 0.562. The van der Waals surface area contributed by atoms with Crippen molar-refractivity contribution in [1.82, 2.24) is 0 Å². The van der Waals surface area contributed by atoms with E-state index in [1.54, 1.807) is 0 Å². The molecular formula is C11H12Cl2O2. The fourth-order valence-corrected chi connectivity index (χ4v) is 1.98. The van der Waals surface area contributed by atoms with Crippen LogP contribution in [0.4, 0.5) is 0 Å². The van der Waals surface area contributed by atoms with Crippen molar-refractivity contribution in [2.24, 2.45) is 0 Å². The molecule has 1 rings (SSSR count). The van der Waals surface area contributed by atoms with Crippen LogP contribution in [-0.4, -0.2) is 22.3 Å². The number of carbonyl (C=O) groups is 1. The molecule has 82 valence electrons. The van der Waals surface area contributed by atoms with Gasteiger partial charge in [0.1, 0.15) is 5.38 Å². The van der Waals surface area contributed by atoms with Gasteiger partial charge in [-0.05, 0) is 12.0 Å². The van der Waals surface area contributed by atoms with E-state index in [2.05, 4.69) is 0 Å². The monoisotopic (exact) mass is 246 g/mol. The summed E-state index contributed by atoms with van der Waals surface area (Å²) in [7, 11) is 0. The van der Waals surface area contributed by atoms with Gasteiger partial charge in [0.25, 0.3) is 0 Å². The summed E-state index contributed by atoms with van der Waals surface area (Å²) in [5, 5.41) is 7.94. The lowest BCUT2D eigenvalue weighted by Gasteiger charge is -2.18. The molecule has 15 heavy (non-hydrogen) atoms. The second-order valence-corrected chi connectivity index (χ2v) is 4.08. The molecule has 0 bridgehead atoms. The molecule has 0 aliphatic rings. The Morgan fingerprint density at radius 3 is 2.40 bits per heavy atom. The van der Waals surface area contributed by atoms with E-state index in [9.17, 15) is 4.79 Å². The molecule has 0 spiro atoms. The summed E-state index contributed by atoms with van der Waals surface area (Å²) in [6, 6.07) is 9.35. The smallest absolute Gasteiger partial charge is 0.322 e. The first kappa shape index (κ1) is 12.3. The maximum Gasteiger partial charge on any atom is 0.322 e. The number of benzene rings is 1. The topological polar surface area (TPSA) is 37.3 Å². The van der Waals surface area contributed by atoms with E-state index >= 15 is 0 Å². The minimum Gasteiger partial charge on any atom is -0.480 e. The van der Waals surface area contributed by atoms with Crippen molar-refractivity contribution >= 4 is 29.2 Å². The standard InChI is InChI=1S/C11H12Cl2O2/c12-7-6-9(10(13)11(14)15)8-4-2-1-3-5-8/h1-5,9-10H,6-7H2,(H,14,15)/t9-,10?/m0/s1. The van der Waals surface area contributed by atoms with Gasteiger partial charge in [-0.3, -0.25) is 4.79 Å². The number of hydrogen-bond donors (Lipinski definition) is 1. The third kappa shape index (κ3) is 3.40. The number of halogens is 2. The lowest BCUT2D eigenvalue weighted by atomic mass is 9.93. The SMILES string of the molecule is O=C(O)C(Cl)[C@@H](CCCl)c1ccccc1. The Balaban J connectivity index is 2.87. The number of rotatable bonds is 5. The third-order valence-corrected chi connectivity index (χ3v) is 2.95. The highest BCUT2D eigenvalue weighted by Gasteiger charge is 2.26. The van der Waals surface area contributed by atoms with E-state index in [1.807, 2.05) is 30.3 Å². The van der Waals surface area contributed by atoms with Crippen LogP contribution in [-0.2, 0) is 4.79 Å². The van der Waals surface area contributed by atoms with E-state index < -0.39 is 11.3 Å². The summed E-state index contributed by atoms with van der Waals surface area (Å²) in [5.74, 6) is -0.839. The van der Waals surface area contributed by atoms with Gasteiger partial charge < -0.3 is 5.11 Å².